The van der Waals surface area contributed by atoms with E-state index in [4.69, 9.17) is 0 Å². The predicted molar refractivity (Wildman–Crippen MR) is 79.9 cm³/mol. The van der Waals surface area contributed by atoms with Crippen molar-refractivity contribution in [2.75, 3.05) is 25.5 Å². The van der Waals surface area contributed by atoms with E-state index in [9.17, 15) is 15.2 Å². The Hall–Kier alpha value is -1.66. The molecule has 1 unspecified atom stereocenters. The van der Waals surface area contributed by atoms with Gasteiger partial charge in [0.25, 0.3) is 5.69 Å². The Morgan fingerprint density at radius 2 is 2.20 bits per heavy atom. The van der Waals surface area contributed by atoms with Gasteiger partial charge in [-0.2, -0.15) is 0 Å². The third-order valence-electron chi connectivity index (χ3n) is 2.89. The zero-order valence-electron chi connectivity index (χ0n) is 12.3. The summed E-state index contributed by atoms with van der Waals surface area (Å²) in [6.45, 7) is 5.51. The van der Waals surface area contributed by atoms with Crippen LogP contribution < -0.4 is 5.32 Å². The van der Waals surface area contributed by atoms with Crippen molar-refractivity contribution < 1.29 is 10.0 Å². The summed E-state index contributed by atoms with van der Waals surface area (Å²) in [7, 11) is 1.88. The summed E-state index contributed by atoms with van der Waals surface area (Å²) < 4.78 is 0. The molecule has 0 aromatic heterocycles. The van der Waals surface area contributed by atoms with Gasteiger partial charge >= 0.3 is 0 Å². The number of aliphatic hydroxyl groups is 1. The van der Waals surface area contributed by atoms with Crippen molar-refractivity contribution in [2.24, 2.45) is 0 Å². The van der Waals surface area contributed by atoms with E-state index in [2.05, 4.69) is 5.32 Å². The molecule has 1 aromatic rings. The van der Waals surface area contributed by atoms with Gasteiger partial charge in [0.15, 0.2) is 0 Å². The number of rotatable bonds is 8. The molecule has 0 aliphatic carbocycles. The summed E-state index contributed by atoms with van der Waals surface area (Å²) in [6.07, 6.45) is 0.473. The van der Waals surface area contributed by atoms with Gasteiger partial charge in [0.05, 0.1) is 11.0 Å². The molecular formula is C14H23N3O3. The number of nitrogens with zero attached hydrogens (tertiary/aromatic N) is 2. The molecule has 6 nitrogen and oxygen atoms in total. The lowest BCUT2D eigenvalue weighted by atomic mass is 10.1. The average Bonchev–Trinajstić information content (AvgIpc) is 2.35. The number of hydrogen-bond donors (Lipinski definition) is 2. The van der Waals surface area contributed by atoms with Gasteiger partial charge in [0.2, 0.25) is 0 Å². The van der Waals surface area contributed by atoms with Crippen molar-refractivity contribution in [3.05, 3.63) is 33.9 Å². The smallest absolute Gasteiger partial charge is 0.292 e. The molecule has 0 aliphatic heterocycles. The third kappa shape index (κ3) is 4.79. The molecule has 0 bridgehead atoms. The molecule has 2 N–H and O–H groups in total. The van der Waals surface area contributed by atoms with Crippen LogP contribution in [0, 0.1) is 10.1 Å². The lowest BCUT2D eigenvalue weighted by molar-refractivity contribution is -0.384. The zero-order chi connectivity index (χ0) is 15.1. The van der Waals surface area contributed by atoms with Crippen LogP contribution in [0.3, 0.4) is 0 Å². The number of nitrogens with one attached hydrogen (secondary N) is 1. The first-order valence-corrected chi connectivity index (χ1v) is 6.82. The second-order valence-electron chi connectivity index (χ2n) is 5.04. The molecule has 0 radical (unpaired) electrons. The van der Waals surface area contributed by atoms with Crippen LogP contribution in [0.25, 0.3) is 0 Å². The van der Waals surface area contributed by atoms with Gasteiger partial charge in [-0.1, -0.05) is 19.1 Å². The Morgan fingerprint density at radius 3 is 2.75 bits per heavy atom. The van der Waals surface area contributed by atoms with Gasteiger partial charge in [-0.05, 0) is 26.0 Å². The molecule has 0 spiro atoms. The molecule has 1 aromatic carbocycles. The minimum atomic E-state index is -0.425. The number of para-hydroxylation sites is 1. The van der Waals surface area contributed by atoms with Gasteiger partial charge < -0.3 is 10.4 Å². The first kappa shape index (κ1) is 16.4. The molecule has 0 saturated heterocycles. The summed E-state index contributed by atoms with van der Waals surface area (Å²) >= 11 is 0. The maximum absolute atomic E-state index is 11.1. The summed E-state index contributed by atoms with van der Waals surface area (Å²) in [5, 5.41) is 23.6. The number of anilines is 1. The van der Waals surface area contributed by atoms with Gasteiger partial charge in [0.1, 0.15) is 5.69 Å². The first-order chi connectivity index (χ1) is 9.45. The summed E-state index contributed by atoms with van der Waals surface area (Å²) in [5.41, 5.74) is 1.55. The predicted octanol–water partition coefficient (Wildman–Crippen LogP) is 2.23. The highest BCUT2D eigenvalue weighted by Gasteiger charge is 2.18. The Bertz CT molecular complexity index is 449. The molecule has 0 heterocycles. The van der Waals surface area contributed by atoms with Crippen LogP contribution in [-0.4, -0.2) is 41.2 Å². The minimum Gasteiger partial charge on any atom is -0.392 e. The topological polar surface area (TPSA) is 78.6 Å². The van der Waals surface area contributed by atoms with Gasteiger partial charge in [-0.25, -0.2) is 0 Å². The number of hydrogen-bond acceptors (Lipinski definition) is 5. The van der Waals surface area contributed by atoms with Crippen molar-refractivity contribution in [3.63, 3.8) is 0 Å². The second kappa shape index (κ2) is 7.81. The molecule has 112 valence electrons. The normalized spacial score (nSPS) is 12.4. The van der Waals surface area contributed by atoms with Crippen LogP contribution in [0.5, 0.6) is 0 Å². The van der Waals surface area contributed by atoms with Crippen LogP contribution in [0.2, 0.25) is 0 Å². The Labute approximate surface area is 119 Å². The van der Waals surface area contributed by atoms with Crippen molar-refractivity contribution in [1.29, 1.82) is 0 Å². The number of likely N-dealkylation sites (N-methyl/N-ethyl adjacent to an activating group) is 1. The number of benzene rings is 1. The lowest BCUT2D eigenvalue weighted by Gasteiger charge is -2.20. The molecule has 0 saturated carbocycles. The van der Waals surface area contributed by atoms with E-state index in [1.807, 2.05) is 24.9 Å². The number of nitro groups is 1. The first-order valence-electron chi connectivity index (χ1n) is 6.82. The van der Waals surface area contributed by atoms with Gasteiger partial charge in [0, 0.05) is 25.7 Å². The van der Waals surface area contributed by atoms with Gasteiger partial charge in [-0.3, -0.25) is 15.0 Å². The molecule has 0 fully saturated rings. The highest BCUT2D eigenvalue weighted by Crippen LogP contribution is 2.29. The zero-order valence-corrected chi connectivity index (χ0v) is 12.3. The fourth-order valence-corrected chi connectivity index (χ4v) is 2.13. The van der Waals surface area contributed by atoms with Crippen molar-refractivity contribution in [1.82, 2.24) is 4.90 Å². The molecule has 20 heavy (non-hydrogen) atoms. The number of aliphatic hydroxyl groups excluding tert-OH is 1. The van der Waals surface area contributed by atoms with Crippen molar-refractivity contribution in [2.45, 2.75) is 32.9 Å². The molecule has 1 rings (SSSR count). The van der Waals surface area contributed by atoms with Gasteiger partial charge in [-0.15, -0.1) is 0 Å². The maximum atomic E-state index is 11.1. The van der Waals surface area contributed by atoms with E-state index >= 15 is 0 Å². The van der Waals surface area contributed by atoms with E-state index in [-0.39, 0.29) is 10.6 Å². The SMILES string of the molecule is CCCNc1c(CN(C)CC(C)O)cccc1[N+](=O)[O-]. The van der Waals surface area contributed by atoms with Crippen LogP contribution in [-0.2, 0) is 6.54 Å². The van der Waals surface area contributed by atoms with Crippen LogP contribution in [0.1, 0.15) is 25.8 Å². The van der Waals surface area contributed by atoms with Crippen molar-refractivity contribution >= 4 is 11.4 Å². The van der Waals surface area contributed by atoms with Crippen LogP contribution in [0.4, 0.5) is 11.4 Å². The van der Waals surface area contributed by atoms with E-state index in [0.29, 0.717) is 25.3 Å². The summed E-state index contributed by atoms with van der Waals surface area (Å²) in [4.78, 5) is 12.7. The van der Waals surface area contributed by atoms with Crippen molar-refractivity contribution in [3.8, 4) is 0 Å². The van der Waals surface area contributed by atoms with E-state index in [1.165, 1.54) is 6.07 Å². The molecule has 0 aliphatic rings. The molecule has 1 atom stereocenters. The monoisotopic (exact) mass is 281 g/mol. The summed E-state index contributed by atoms with van der Waals surface area (Å²) in [6, 6.07) is 5.08. The Kier molecular flexibility index (Phi) is 6.41. The van der Waals surface area contributed by atoms with E-state index < -0.39 is 6.10 Å². The second-order valence-corrected chi connectivity index (χ2v) is 5.04. The number of nitro benzene ring substituents is 1. The quantitative estimate of drug-likeness (QED) is 0.564. The maximum Gasteiger partial charge on any atom is 0.292 e. The standard InChI is InChI=1S/C14H23N3O3/c1-4-8-15-14-12(10-16(3)9-11(2)18)6-5-7-13(14)17(19)20/h5-7,11,15,18H,4,8-10H2,1-3H3. The highest BCUT2D eigenvalue weighted by atomic mass is 16.6. The molecule has 6 heteroatoms. The van der Waals surface area contributed by atoms with Crippen LogP contribution in [0.15, 0.2) is 18.2 Å². The largest absolute Gasteiger partial charge is 0.392 e. The minimum absolute atomic E-state index is 0.0985. The highest BCUT2D eigenvalue weighted by molar-refractivity contribution is 5.66. The van der Waals surface area contributed by atoms with E-state index in [1.54, 1.807) is 13.0 Å². The fourth-order valence-electron chi connectivity index (χ4n) is 2.13. The Morgan fingerprint density at radius 1 is 1.50 bits per heavy atom. The van der Waals surface area contributed by atoms with Crippen LogP contribution >= 0.6 is 0 Å². The molecule has 0 amide bonds. The molecular weight excluding hydrogens is 258 g/mol. The lowest BCUT2D eigenvalue weighted by Crippen LogP contribution is -2.27. The van der Waals surface area contributed by atoms with E-state index in [0.717, 1.165) is 12.0 Å². The fraction of sp³-hybridized carbons (Fsp3) is 0.571. The average molecular weight is 281 g/mol. The Balaban J connectivity index is 2.98. The third-order valence-corrected chi connectivity index (χ3v) is 2.89. The summed E-state index contributed by atoms with van der Waals surface area (Å²) in [5.74, 6) is 0.